The third-order valence-corrected chi connectivity index (χ3v) is 3.33. The number of amides is 1. The number of anilines is 1. The third kappa shape index (κ3) is 3.56. The maximum atomic E-state index is 11.7. The number of nitriles is 1. The zero-order chi connectivity index (χ0) is 13.7. The van der Waals surface area contributed by atoms with Gasteiger partial charge in [0.05, 0.1) is 17.4 Å². The van der Waals surface area contributed by atoms with E-state index in [4.69, 9.17) is 5.26 Å². The van der Waals surface area contributed by atoms with Gasteiger partial charge in [0.25, 0.3) is 0 Å². The minimum atomic E-state index is -0.127. The van der Waals surface area contributed by atoms with E-state index in [1.165, 1.54) is 11.8 Å². The van der Waals surface area contributed by atoms with Crippen LogP contribution in [0.4, 0.5) is 5.69 Å². The van der Waals surface area contributed by atoms with Crippen LogP contribution in [0.15, 0.2) is 35.7 Å². The summed E-state index contributed by atoms with van der Waals surface area (Å²) in [7, 11) is 1.82. The first-order valence-corrected chi connectivity index (χ1v) is 6.44. The van der Waals surface area contributed by atoms with Crippen LogP contribution in [0.25, 0.3) is 0 Å². The summed E-state index contributed by atoms with van der Waals surface area (Å²) in [6.45, 7) is 0. The van der Waals surface area contributed by atoms with Gasteiger partial charge >= 0.3 is 0 Å². The number of aromatic nitrogens is 3. The van der Waals surface area contributed by atoms with Crippen LogP contribution in [0.5, 0.6) is 0 Å². The van der Waals surface area contributed by atoms with Gasteiger partial charge in [0.15, 0.2) is 5.16 Å². The number of carbonyl (C=O) groups excluding carboxylic acids is 1. The minimum Gasteiger partial charge on any atom is -0.325 e. The molecule has 6 nitrogen and oxygen atoms in total. The molecule has 1 amide bonds. The molecule has 1 aromatic carbocycles. The minimum absolute atomic E-state index is 0.127. The fourth-order valence-electron chi connectivity index (χ4n) is 1.36. The number of aryl methyl sites for hydroxylation is 1. The highest BCUT2D eigenvalue weighted by Gasteiger charge is 2.07. The second-order valence-corrected chi connectivity index (χ2v) is 4.69. The van der Waals surface area contributed by atoms with Crippen LogP contribution in [-0.4, -0.2) is 26.4 Å². The zero-order valence-electron chi connectivity index (χ0n) is 10.2. The lowest BCUT2D eigenvalue weighted by Crippen LogP contribution is -2.14. The van der Waals surface area contributed by atoms with E-state index in [0.717, 1.165) is 0 Å². The van der Waals surface area contributed by atoms with Gasteiger partial charge in [0.1, 0.15) is 6.33 Å². The lowest BCUT2D eigenvalue weighted by Gasteiger charge is -2.04. The molecule has 0 aliphatic heterocycles. The van der Waals surface area contributed by atoms with Gasteiger partial charge < -0.3 is 9.88 Å². The Kier molecular flexibility index (Phi) is 4.15. The van der Waals surface area contributed by atoms with Crippen LogP contribution in [-0.2, 0) is 11.8 Å². The molecule has 96 valence electrons. The number of benzene rings is 1. The van der Waals surface area contributed by atoms with Crippen LogP contribution in [0.1, 0.15) is 5.56 Å². The first-order chi connectivity index (χ1) is 9.19. The summed E-state index contributed by atoms with van der Waals surface area (Å²) in [5.74, 6) is 0.129. The van der Waals surface area contributed by atoms with E-state index in [0.29, 0.717) is 16.4 Å². The van der Waals surface area contributed by atoms with Crippen molar-refractivity contribution in [1.82, 2.24) is 14.8 Å². The SMILES string of the molecule is Cn1cnnc1SCC(=O)Nc1ccc(C#N)cc1. The van der Waals surface area contributed by atoms with Crippen molar-refractivity contribution in [3.05, 3.63) is 36.2 Å². The standard InChI is InChI=1S/C12H11N5OS/c1-17-8-14-16-12(17)19-7-11(18)15-10-4-2-9(6-13)3-5-10/h2-5,8H,7H2,1H3,(H,15,18). The van der Waals surface area contributed by atoms with Gasteiger partial charge in [-0.05, 0) is 24.3 Å². The molecule has 19 heavy (non-hydrogen) atoms. The molecule has 0 aliphatic rings. The van der Waals surface area contributed by atoms with Gasteiger partial charge in [-0.2, -0.15) is 5.26 Å². The highest BCUT2D eigenvalue weighted by Crippen LogP contribution is 2.14. The van der Waals surface area contributed by atoms with Crippen LogP contribution in [0.2, 0.25) is 0 Å². The summed E-state index contributed by atoms with van der Waals surface area (Å²) in [6, 6.07) is 8.73. The summed E-state index contributed by atoms with van der Waals surface area (Å²) in [6.07, 6.45) is 1.58. The van der Waals surface area contributed by atoms with E-state index in [2.05, 4.69) is 15.5 Å². The number of nitrogens with zero attached hydrogens (tertiary/aromatic N) is 4. The summed E-state index contributed by atoms with van der Waals surface area (Å²) >= 11 is 1.31. The van der Waals surface area contributed by atoms with Crippen molar-refractivity contribution in [1.29, 1.82) is 5.26 Å². The third-order valence-electron chi connectivity index (χ3n) is 2.30. The van der Waals surface area contributed by atoms with Crippen molar-refractivity contribution in [2.24, 2.45) is 7.05 Å². The fraction of sp³-hybridized carbons (Fsp3) is 0.167. The smallest absolute Gasteiger partial charge is 0.234 e. The molecule has 0 saturated carbocycles. The molecule has 0 fully saturated rings. The Balaban J connectivity index is 1.87. The van der Waals surface area contributed by atoms with Crippen LogP contribution in [0, 0.1) is 11.3 Å². The maximum Gasteiger partial charge on any atom is 0.234 e. The topological polar surface area (TPSA) is 83.6 Å². The molecule has 0 saturated heterocycles. The summed E-state index contributed by atoms with van der Waals surface area (Å²) in [5, 5.41) is 19.7. The second-order valence-electron chi connectivity index (χ2n) is 3.75. The highest BCUT2D eigenvalue weighted by atomic mass is 32.2. The molecule has 0 unspecified atom stereocenters. The number of hydrogen-bond acceptors (Lipinski definition) is 5. The van der Waals surface area contributed by atoms with Crippen molar-refractivity contribution in [2.75, 3.05) is 11.1 Å². The Labute approximate surface area is 114 Å². The van der Waals surface area contributed by atoms with Crippen molar-refractivity contribution in [2.45, 2.75) is 5.16 Å². The number of hydrogen-bond donors (Lipinski definition) is 1. The van der Waals surface area contributed by atoms with Crippen LogP contribution >= 0.6 is 11.8 Å². The first kappa shape index (κ1) is 13.1. The quantitative estimate of drug-likeness (QED) is 0.852. The lowest BCUT2D eigenvalue weighted by atomic mass is 10.2. The lowest BCUT2D eigenvalue weighted by molar-refractivity contribution is -0.113. The molecule has 2 aromatic rings. The molecule has 0 aliphatic carbocycles. The van der Waals surface area contributed by atoms with Crippen molar-refractivity contribution < 1.29 is 4.79 Å². The van der Waals surface area contributed by atoms with Gasteiger partial charge in [-0.25, -0.2) is 0 Å². The average molecular weight is 273 g/mol. The van der Waals surface area contributed by atoms with E-state index >= 15 is 0 Å². The van der Waals surface area contributed by atoms with E-state index in [-0.39, 0.29) is 11.7 Å². The molecule has 0 spiro atoms. The highest BCUT2D eigenvalue weighted by molar-refractivity contribution is 7.99. The van der Waals surface area contributed by atoms with Gasteiger partial charge in [0, 0.05) is 12.7 Å². The average Bonchev–Trinajstić information content (AvgIpc) is 2.83. The van der Waals surface area contributed by atoms with Crippen molar-refractivity contribution in [3.63, 3.8) is 0 Å². The predicted molar refractivity (Wildman–Crippen MR) is 71.5 cm³/mol. The van der Waals surface area contributed by atoms with Crippen molar-refractivity contribution in [3.8, 4) is 6.07 Å². The summed E-state index contributed by atoms with van der Waals surface area (Å²) in [5.41, 5.74) is 1.23. The van der Waals surface area contributed by atoms with Gasteiger partial charge in [-0.3, -0.25) is 4.79 Å². The predicted octanol–water partition coefficient (Wildman–Crippen LogP) is 1.42. The number of thioether (sulfide) groups is 1. The molecule has 7 heteroatoms. The molecular formula is C12H11N5OS. The largest absolute Gasteiger partial charge is 0.325 e. The van der Waals surface area contributed by atoms with Gasteiger partial charge in [-0.1, -0.05) is 11.8 Å². The van der Waals surface area contributed by atoms with E-state index in [1.807, 2.05) is 13.1 Å². The van der Waals surface area contributed by atoms with E-state index < -0.39 is 0 Å². The van der Waals surface area contributed by atoms with Crippen LogP contribution < -0.4 is 5.32 Å². The second kappa shape index (κ2) is 6.02. The summed E-state index contributed by atoms with van der Waals surface area (Å²) < 4.78 is 1.75. The number of rotatable bonds is 4. The van der Waals surface area contributed by atoms with E-state index in [9.17, 15) is 4.79 Å². The van der Waals surface area contributed by atoms with Gasteiger partial charge in [-0.15, -0.1) is 10.2 Å². The summed E-state index contributed by atoms with van der Waals surface area (Å²) in [4.78, 5) is 11.7. The Morgan fingerprint density at radius 3 is 2.79 bits per heavy atom. The molecule has 2 rings (SSSR count). The maximum absolute atomic E-state index is 11.7. The number of nitrogens with one attached hydrogen (secondary N) is 1. The molecule has 0 bridgehead atoms. The molecule has 0 atom stereocenters. The molecule has 1 N–H and O–H groups in total. The van der Waals surface area contributed by atoms with Crippen molar-refractivity contribution >= 4 is 23.4 Å². The zero-order valence-corrected chi connectivity index (χ0v) is 11.0. The molecule has 1 aromatic heterocycles. The van der Waals surface area contributed by atoms with Gasteiger partial charge in [0.2, 0.25) is 5.91 Å². The Morgan fingerprint density at radius 1 is 1.47 bits per heavy atom. The molecule has 0 radical (unpaired) electrons. The Hall–Kier alpha value is -2.33. The normalized spacial score (nSPS) is 9.89. The fourth-order valence-corrected chi connectivity index (χ4v) is 2.05. The Bertz CT molecular complexity index is 614. The molecule has 1 heterocycles. The monoisotopic (exact) mass is 273 g/mol. The Morgan fingerprint density at radius 2 is 2.21 bits per heavy atom. The molecular weight excluding hydrogens is 262 g/mol. The first-order valence-electron chi connectivity index (χ1n) is 5.46. The van der Waals surface area contributed by atoms with E-state index in [1.54, 1.807) is 35.2 Å². The number of carbonyl (C=O) groups is 1. The van der Waals surface area contributed by atoms with Crippen LogP contribution in [0.3, 0.4) is 0 Å².